The molecule has 1 amide bonds. The quantitative estimate of drug-likeness (QED) is 0.797. The van der Waals surface area contributed by atoms with Crippen molar-refractivity contribution in [3.05, 3.63) is 18.2 Å². The largest absolute Gasteiger partial charge is 0.385 e. The minimum absolute atomic E-state index is 0.0505. The van der Waals surface area contributed by atoms with E-state index in [4.69, 9.17) is 4.74 Å². The summed E-state index contributed by atoms with van der Waals surface area (Å²) >= 11 is 1.15. The maximum absolute atomic E-state index is 12.0. The van der Waals surface area contributed by atoms with Gasteiger partial charge in [0.15, 0.2) is 0 Å². The molecule has 1 aromatic rings. The van der Waals surface area contributed by atoms with Gasteiger partial charge in [-0.05, 0) is 25.6 Å². The third-order valence-corrected chi connectivity index (χ3v) is 3.40. The summed E-state index contributed by atoms with van der Waals surface area (Å²) in [4.78, 5) is 14.0. The lowest BCUT2D eigenvalue weighted by molar-refractivity contribution is -0.117. The maximum Gasteiger partial charge on any atom is 0.238 e. The van der Waals surface area contributed by atoms with E-state index in [-0.39, 0.29) is 5.91 Å². The zero-order chi connectivity index (χ0) is 14.4. The van der Waals surface area contributed by atoms with E-state index in [1.54, 1.807) is 7.11 Å². The third-order valence-electron chi connectivity index (χ3n) is 2.86. The minimum atomic E-state index is -0.0505. The van der Waals surface area contributed by atoms with Crippen LogP contribution in [0.2, 0.25) is 0 Å². The molecule has 0 aromatic heterocycles. The number of likely N-dealkylation sites (N-methyl/N-ethyl adjacent to an activating group) is 1. The standard InChI is InChI=1S/C13H18N4O2S/c1-17(7-4-8-19-2)9-12(18)14-10-5-3-6-11-13(10)16-20-15-11/h3,5-6H,4,7-9H2,1-2H3,(H,14,18). The second-order valence-corrected chi connectivity index (χ2v) is 5.10. The van der Waals surface area contributed by atoms with Crippen LogP contribution in [0, 0.1) is 0 Å². The molecule has 0 unspecified atom stereocenters. The Hall–Kier alpha value is -1.57. The number of ether oxygens (including phenoxy) is 1. The number of methoxy groups -OCH3 is 1. The van der Waals surface area contributed by atoms with Crippen molar-refractivity contribution in [1.29, 1.82) is 0 Å². The number of benzene rings is 1. The van der Waals surface area contributed by atoms with Gasteiger partial charge in [0.1, 0.15) is 11.4 Å². The molecular formula is C13H18N4O2S. The topological polar surface area (TPSA) is 66.3 Å². The lowest BCUT2D eigenvalue weighted by Crippen LogP contribution is -2.31. The SMILES string of the molecule is COCCCN(C)CC(=O)Nc1cccc2c1N=S=N2. The molecule has 0 saturated carbocycles. The summed E-state index contributed by atoms with van der Waals surface area (Å²) in [5, 5.41) is 2.88. The molecule has 1 heterocycles. The van der Waals surface area contributed by atoms with Gasteiger partial charge in [0.05, 0.1) is 23.6 Å². The summed E-state index contributed by atoms with van der Waals surface area (Å²) in [6.07, 6.45) is 0.909. The van der Waals surface area contributed by atoms with Crippen molar-refractivity contribution in [3.63, 3.8) is 0 Å². The number of anilines is 1. The summed E-state index contributed by atoms with van der Waals surface area (Å²) < 4.78 is 13.3. The number of hydrogen-bond donors (Lipinski definition) is 1. The summed E-state index contributed by atoms with van der Waals surface area (Å²) in [7, 11) is 3.59. The van der Waals surface area contributed by atoms with Gasteiger partial charge in [0.25, 0.3) is 0 Å². The Morgan fingerprint density at radius 2 is 2.30 bits per heavy atom. The second-order valence-electron chi connectivity index (χ2n) is 4.57. The molecular weight excluding hydrogens is 276 g/mol. The molecule has 0 saturated heterocycles. The lowest BCUT2D eigenvalue weighted by atomic mass is 10.2. The molecule has 108 valence electrons. The van der Waals surface area contributed by atoms with Crippen LogP contribution in [0.5, 0.6) is 0 Å². The molecule has 7 heteroatoms. The fraction of sp³-hybridized carbons (Fsp3) is 0.462. The van der Waals surface area contributed by atoms with Crippen LogP contribution >= 0.6 is 0 Å². The van der Waals surface area contributed by atoms with Crippen LogP contribution in [-0.2, 0) is 20.9 Å². The minimum Gasteiger partial charge on any atom is -0.385 e. The maximum atomic E-state index is 12.0. The number of fused-ring (bicyclic) bond motifs is 1. The van der Waals surface area contributed by atoms with Gasteiger partial charge in [-0.2, -0.15) is 8.73 Å². The van der Waals surface area contributed by atoms with Crippen molar-refractivity contribution < 1.29 is 9.53 Å². The molecule has 1 aliphatic rings. The van der Waals surface area contributed by atoms with Gasteiger partial charge in [-0.15, -0.1) is 0 Å². The van der Waals surface area contributed by atoms with Crippen molar-refractivity contribution in [2.24, 2.45) is 8.73 Å². The highest BCUT2D eigenvalue weighted by atomic mass is 32.1. The predicted octanol–water partition coefficient (Wildman–Crippen LogP) is 2.32. The zero-order valence-electron chi connectivity index (χ0n) is 11.6. The first-order valence-electron chi connectivity index (χ1n) is 6.39. The van der Waals surface area contributed by atoms with Crippen molar-refractivity contribution in [2.45, 2.75) is 6.42 Å². The van der Waals surface area contributed by atoms with Gasteiger partial charge in [-0.25, -0.2) is 0 Å². The molecule has 0 spiro atoms. The smallest absolute Gasteiger partial charge is 0.238 e. The van der Waals surface area contributed by atoms with E-state index in [0.29, 0.717) is 18.8 Å². The molecule has 0 fully saturated rings. The number of carbonyl (C=O) groups is 1. The van der Waals surface area contributed by atoms with Gasteiger partial charge in [-0.1, -0.05) is 6.07 Å². The summed E-state index contributed by atoms with van der Waals surface area (Å²) in [6, 6.07) is 5.58. The highest BCUT2D eigenvalue weighted by Gasteiger charge is 2.13. The van der Waals surface area contributed by atoms with Gasteiger partial charge in [-0.3, -0.25) is 9.69 Å². The zero-order valence-corrected chi connectivity index (χ0v) is 12.4. The van der Waals surface area contributed by atoms with Crippen LogP contribution in [0.4, 0.5) is 17.1 Å². The van der Waals surface area contributed by atoms with E-state index in [9.17, 15) is 4.79 Å². The third kappa shape index (κ3) is 3.96. The predicted molar refractivity (Wildman–Crippen MR) is 80.6 cm³/mol. The van der Waals surface area contributed by atoms with E-state index in [1.165, 1.54) is 0 Å². The first-order chi connectivity index (χ1) is 9.70. The number of amides is 1. The summed E-state index contributed by atoms with van der Waals surface area (Å²) in [5.41, 5.74) is 2.26. The molecule has 20 heavy (non-hydrogen) atoms. The van der Waals surface area contributed by atoms with E-state index in [1.807, 2.05) is 30.1 Å². The van der Waals surface area contributed by atoms with Gasteiger partial charge in [0, 0.05) is 20.3 Å². The molecule has 1 aromatic carbocycles. The molecule has 0 radical (unpaired) electrons. The number of rotatable bonds is 7. The average Bonchev–Trinajstić information content (AvgIpc) is 2.88. The Balaban J connectivity index is 1.86. The van der Waals surface area contributed by atoms with Gasteiger partial charge >= 0.3 is 0 Å². The normalized spacial score (nSPS) is 12.3. The van der Waals surface area contributed by atoms with Crippen molar-refractivity contribution in [2.75, 3.05) is 39.2 Å². The fourth-order valence-corrected chi connectivity index (χ4v) is 2.45. The first kappa shape index (κ1) is 14.8. The number of nitrogens with zero attached hydrogens (tertiary/aromatic N) is 3. The Bertz CT molecular complexity index is 555. The van der Waals surface area contributed by atoms with Gasteiger partial charge < -0.3 is 10.1 Å². The molecule has 0 aliphatic carbocycles. The second kappa shape index (κ2) is 7.28. The summed E-state index contributed by atoms with van der Waals surface area (Å²) in [5.74, 6) is -0.0505. The monoisotopic (exact) mass is 294 g/mol. The van der Waals surface area contributed by atoms with Crippen LogP contribution in [0.15, 0.2) is 26.9 Å². The van der Waals surface area contributed by atoms with Crippen LogP contribution in [0.1, 0.15) is 6.42 Å². The van der Waals surface area contributed by atoms with Crippen molar-refractivity contribution in [1.82, 2.24) is 4.90 Å². The highest BCUT2D eigenvalue weighted by molar-refractivity contribution is 7.58. The lowest BCUT2D eigenvalue weighted by Gasteiger charge is -2.16. The van der Waals surface area contributed by atoms with E-state index < -0.39 is 0 Å². The molecule has 1 aliphatic heterocycles. The number of hydrogen-bond acceptors (Lipinski definition) is 5. The number of nitrogens with one attached hydrogen (secondary N) is 1. The molecule has 0 atom stereocenters. The Labute approximate surface area is 122 Å². The Kier molecular flexibility index (Phi) is 5.40. The fourth-order valence-electron chi connectivity index (χ4n) is 1.90. The van der Waals surface area contributed by atoms with Gasteiger partial charge in [0.2, 0.25) is 5.91 Å². The molecule has 0 bridgehead atoms. The highest BCUT2D eigenvalue weighted by Crippen LogP contribution is 2.38. The van der Waals surface area contributed by atoms with Crippen molar-refractivity contribution in [3.8, 4) is 0 Å². The van der Waals surface area contributed by atoms with Crippen molar-refractivity contribution >= 4 is 34.3 Å². The summed E-state index contributed by atoms with van der Waals surface area (Å²) in [6.45, 7) is 1.87. The molecule has 2 rings (SSSR count). The van der Waals surface area contributed by atoms with E-state index in [0.717, 1.165) is 35.7 Å². The van der Waals surface area contributed by atoms with Crippen LogP contribution in [-0.4, -0.2) is 44.7 Å². The van der Waals surface area contributed by atoms with Crippen LogP contribution in [0.25, 0.3) is 0 Å². The van der Waals surface area contributed by atoms with Crippen LogP contribution in [0.3, 0.4) is 0 Å². The average molecular weight is 294 g/mol. The van der Waals surface area contributed by atoms with E-state index >= 15 is 0 Å². The Morgan fingerprint density at radius 1 is 1.45 bits per heavy atom. The molecule has 6 nitrogen and oxygen atoms in total. The molecule has 1 N–H and O–H groups in total. The number of carbonyl (C=O) groups excluding carboxylic acids is 1. The van der Waals surface area contributed by atoms with E-state index in [2.05, 4.69) is 14.0 Å². The Morgan fingerprint density at radius 3 is 3.10 bits per heavy atom. The first-order valence-corrected chi connectivity index (χ1v) is 7.12. The van der Waals surface area contributed by atoms with Crippen LogP contribution < -0.4 is 5.32 Å².